The van der Waals surface area contributed by atoms with E-state index in [9.17, 15) is 5.11 Å². The molecule has 0 aromatic carbocycles. The molecule has 2 aliphatic carbocycles. The molecule has 2 aliphatic rings. The van der Waals surface area contributed by atoms with Crippen molar-refractivity contribution in [3.05, 3.63) is 0 Å². The van der Waals surface area contributed by atoms with E-state index in [4.69, 9.17) is 0 Å². The zero-order valence-electron chi connectivity index (χ0n) is 7.63. The molecule has 0 unspecified atom stereocenters. The number of aliphatic hydroxyl groups is 1. The Morgan fingerprint density at radius 3 is 2.42 bits per heavy atom. The third kappa shape index (κ3) is 2.20. The van der Waals surface area contributed by atoms with Gasteiger partial charge < -0.3 is 10.4 Å². The van der Waals surface area contributed by atoms with Crippen molar-refractivity contribution in [2.45, 2.75) is 63.1 Å². The highest BCUT2D eigenvalue weighted by Crippen LogP contribution is 2.24. The summed E-state index contributed by atoms with van der Waals surface area (Å²) in [5, 5.41) is 13.3. The van der Waals surface area contributed by atoms with Crippen LogP contribution in [0.25, 0.3) is 0 Å². The molecule has 70 valence electrons. The predicted molar refractivity (Wildman–Crippen MR) is 49.0 cm³/mol. The Morgan fingerprint density at radius 1 is 0.917 bits per heavy atom. The highest BCUT2D eigenvalue weighted by Gasteiger charge is 2.28. The normalized spacial score (nSPS) is 37.8. The van der Waals surface area contributed by atoms with Crippen LogP contribution in [0.1, 0.15) is 44.9 Å². The molecule has 2 nitrogen and oxygen atoms in total. The molecule has 12 heavy (non-hydrogen) atoms. The zero-order valence-corrected chi connectivity index (χ0v) is 7.63. The van der Waals surface area contributed by atoms with Gasteiger partial charge in [0.2, 0.25) is 0 Å². The fraction of sp³-hybridized carbons (Fsp3) is 1.00. The van der Waals surface area contributed by atoms with Crippen molar-refractivity contribution in [3.63, 3.8) is 0 Å². The van der Waals surface area contributed by atoms with Crippen molar-refractivity contribution in [3.8, 4) is 0 Å². The van der Waals surface area contributed by atoms with Crippen LogP contribution in [0.2, 0.25) is 0 Å². The molecule has 2 saturated carbocycles. The van der Waals surface area contributed by atoms with Crippen LogP contribution < -0.4 is 5.32 Å². The highest BCUT2D eigenvalue weighted by molar-refractivity contribution is 4.88. The van der Waals surface area contributed by atoms with Crippen LogP contribution in [0.3, 0.4) is 0 Å². The Kier molecular flexibility index (Phi) is 2.66. The number of nitrogens with one attached hydrogen (secondary N) is 1. The summed E-state index contributed by atoms with van der Waals surface area (Å²) in [4.78, 5) is 0. The topological polar surface area (TPSA) is 32.3 Å². The van der Waals surface area contributed by atoms with Crippen LogP contribution in [-0.2, 0) is 0 Å². The van der Waals surface area contributed by atoms with Gasteiger partial charge in [0.15, 0.2) is 0 Å². The summed E-state index contributed by atoms with van der Waals surface area (Å²) >= 11 is 0. The maximum absolute atomic E-state index is 9.76. The molecule has 2 atom stereocenters. The molecule has 0 aliphatic heterocycles. The standard InChI is InChI=1S/C10H19NO/c12-10-5-3-1-2-4-9(10)11-8-6-7-8/h8-12H,1-7H2/t9-,10-/m0/s1. The largest absolute Gasteiger partial charge is 0.392 e. The molecular formula is C10H19NO. The number of rotatable bonds is 2. The molecule has 2 heteroatoms. The lowest BCUT2D eigenvalue weighted by atomic mass is 10.1. The van der Waals surface area contributed by atoms with Gasteiger partial charge in [-0.15, -0.1) is 0 Å². The van der Waals surface area contributed by atoms with Crippen LogP contribution >= 0.6 is 0 Å². The van der Waals surface area contributed by atoms with Gasteiger partial charge in [0.05, 0.1) is 6.10 Å². The molecule has 0 saturated heterocycles. The van der Waals surface area contributed by atoms with Crippen molar-refractivity contribution < 1.29 is 5.11 Å². The second-order valence-electron chi connectivity index (χ2n) is 4.25. The lowest BCUT2D eigenvalue weighted by molar-refractivity contribution is 0.119. The quantitative estimate of drug-likeness (QED) is 0.613. The minimum absolute atomic E-state index is 0.0758. The Morgan fingerprint density at radius 2 is 1.67 bits per heavy atom. The SMILES string of the molecule is O[C@H]1CCCCC[C@@H]1NC1CC1. The van der Waals surface area contributed by atoms with E-state index in [1.807, 2.05) is 0 Å². The maximum atomic E-state index is 9.76. The number of hydrogen-bond acceptors (Lipinski definition) is 2. The van der Waals surface area contributed by atoms with Crippen LogP contribution in [-0.4, -0.2) is 23.3 Å². The molecule has 0 aromatic heterocycles. The van der Waals surface area contributed by atoms with Crippen LogP contribution in [0.15, 0.2) is 0 Å². The minimum Gasteiger partial charge on any atom is -0.392 e. The third-order valence-electron chi connectivity index (χ3n) is 3.01. The van der Waals surface area contributed by atoms with Crippen LogP contribution in [0.4, 0.5) is 0 Å². The summed E-state index contributed by atoms with van der Waals surface area (Å²) < 4.78 is 0. The van der Waals surface area contributed by atoms with Crippen LogP contribution in [0, 0.1) is 0 Å². The van der Waals surface area contributed by atoms with Crippen molar-refractivity contribution in [2.75, 3.05) is 0 Å². The van der Waals surface area contributed by atoms with Crippen molar-refractivity contribution in [2.24, 2.45) is 0 Å². The van der Waals surface area contributed by atoms with Gasteiger partial charge in [-0.2, -0.15) is 0 Å². The maximum Gasteiger partial charge on any atom is 0.0693 e. The van der Waals surface area contributed by atoms with E-state index in [1.165, 1.54) is 38.5 Å². The third-order valence-corrected chi connectivity index (χ3v) is 3.01. The van der Waals surface area contributed by atoms with Gasteiger partial charge in [-0.1, -0.05) is 19.3 Å². The van der Waals surface area contributed by atoms with E-state index in [0.717, 1.165) is 12.5 Å². The monoisotopic (exact) mass is 169 g/mol. The van der Waals surface area contributed by atoms with Crippen molar-refractivity contribution >= 4 is 0 Å². The van der Waals surface area contributed by atoms with Gasteiger partial charge in [0.1, 0.15) is 0 Å². The molecule has 2 fully saturated rings. The van der Waals surface area contributed by atoms with Gasteiger partial charge in [0, 0.05) is 12.1 Å². The molecule has 2 N–H and O–H groups in total. The first-order valence-corrected chi connectivity index (χ1v) is 5.30. The van der Waals surface area contributed by atoms with Gasteiger partial charge in [-0.05, 0) is 25.7 Å². The minimum atomic E-state index is -0.0758. The lowest BCUT2D eigenvalue weighted by Gasteiger charge is -2.21. The molecule has 0 heterocycles. The van der Waals surface area contributed by atoms with E-state index in [-0.39, 0.29) is 6.10 Å². The molecule has 0 amide bonds. The lowest BCUT2D eigenvalue weighted by Crippen LogP contribution is -2.40. The van der Waals surface area contributed by atoms with Crippen molar-refractivity contribution in [1.82, 2.24) is 5.32 Å². The molecular weight excluding hydrogens is 150 g/mol. The first-order chi connectivity index (χ1) is 5.86. The fourth-order valence-electron chi connectivity index (χ4n) is 2.04. The van der Waals surface area contributed by atoms with E-state index < -0.39 is 0 Å². The van der Waals surface area contributed by atoms with E-state index in [1.54, 1.807) is 0 Å². The summed E-state index contributed by atoms with van der Waals surface area (Å²) in [5.41, 5.74) is 0. The number of aliphatic hydroxyl groups excluding tert-OH is 1. The second-order valence-corrected chi connectivity index (χ2v) is 4.25. The first-order valence-electron chi connectivity index (χ1n) is 5.30. The Balaban J connectivity index is 1.81. The summed E-state index contributed by atoms with van der Waals surface area (Å²) in [6, 6.07) is 1.14. The summed E-state index contributed by atoms with van der Waals surface area (Å²) in [5.74, 6) is 0. The van der Waals surface area contributed by atoms with Gasteiger partial charge in [-0.25, -0.2) is 0 Å². The van der Waals surface area contributed by atoms with Crippen molar-refractivity contribution in [1.29, 1.82) is 0 Å². The van der Waals surface area contributed by atoms with Gasteiger partial charge in [0.25, 0.3) is 0 Å². The molecule has 0 aromatic rings. The molecule has 0 radical (unpaired) electrons. The first kappa shape index (κ1) is 8.52. The fourth-order valence-corrected chi connectivity index (χ4v) is 2.04. The highest BCUT2D eigenvalue weighted by atomic mass is 16.3. The predicted octanol–water partition coefficient (Wildman–Crippen LogP) is 1.43. The number of hydrogen-bond donors (Lipinski definition) is 2. The average Bonchev–Trinajstić information content (AvgIpc) is 2.84. The smallest absolute Gasteiger partial charge is 0.0693 e. The summed E-state index contributed by atoms with van der Waals surface area (Å²) in [6.45, 7) is 0. The van der Waals surface area contributed by atoms with E-state index >= 15 is 0 Å². The molecule has 0 bridgehead atoms. The summed E-state index contributed by atoms with van der Waals surface area (Å²) in [6.07, 6.45) is 8.56. The zero-order chi connectivity index (χ0) is 8.39. The Labute approximate surface area is 74.4 Å². The van der Waals surface area contributed by atoms with Gasteiger partial charge >= 0.3 is 0 Å². The summed E-state index contributed by atoms with van der Waals surface area (Å²) in [7, 11) is 0. The van der Waals surface area contributed by atoms with E-state index in [0.29, 0.717) is 6.04 Å². The van der Waals surface area contributed by atoms with Crippen LogP contribution in [0.5, 0.6) is 0 Å². The second kappa shape index (κ2) is 3.75. The molecule has 2 rings (SSSR count). The van der Waals surface area contributed by atoms with Gasteiger partial charge in [-0.3, -0.25) is 0 Å². The Hall–Kier alpha value is -0.0800. The molecule has 0 spiro atoms. The average molecular weight is 169 g/mol. The van der Waals surface area contributed by atoms with E-state index in [2.05, 4.69) is 5.32 Å². The Bertz CT molecular complexity index is 145.